The quantitative estimate of drug-likeness (QED) is 0.677. The van der Waals surface area contributed by atoms with E-state index < -0.39 is 20.7 Å². The molecule has 6 heteroatoms. The highest BCUT2D eigenvalue weighted by Crippen LogP contribution is 2.39. The highest BCUT2D eigenvalue weighted by molar-refractivity contribution is 8.13. The second-order valence-corrected chi connectivity index (χ2v) is 5.96. The minimum absolute atomic E-state index is 0.00147. The van der Waals surface area contributed by atoms with Crippen molar-refractivity contribution in [3.05, 3.63) is 0 Å². The van der Waals surface area contributed by atoms with Crippen LogP contribution in [0.1, 0.15) is 19.3 Å². The van der Waals surface area contributed by atoms with E-state index in [1.54, 1.807) is 0 Å². The molecule has 0 aromatic heterocycles. The van der Waals surface area contributed by atoms with Crippen molar-refractivity contribution in [2.75, 3.05) is 5.75 Å². The molecule has 0 unspecified atom stereocenters. The first-order chi connectivity index (χ1) is 5.29. The van der Waals surface area contributed by atoms with E-state index in [1.165, 1.54) is 0 Å². The third-order valence-corrected chi connectivity index (χ3v) is 2.76. The van der Waals surface area contributed by atoms with Crippen molar-refractivity contribution in [2.24, 2.45) is 5.92 Å². The Morgan fingerprint density at radius 1 is 1.42 bits per heavy atom. The smallest absolute Gasteiger partial charge is 0.212 e. The van der Waals surface area contributed by atoms with Gasteiger partial charge in [-0.25, -0.2) is 17.2 Å². The highest BCUT2D eigenvalue weighted by atomic mass is 35.7. The maximum atomic E-state index is 12.7. The Labute approximate surface area is 74.3 Å². The molecule has 0 atom stereocenters. The van der Waals surface area contributed by atoms with Crippen LogP contribution in [0.15, 0.2) is 0 Å². The molecule has 1 fully saturated rings. The van der Waals surface area contributed by atoms with E-state index in [9.17, 15) is 17.2 Å². The molecule has 0 aromatic carbocycles. The number of alkyl halides is 2. The van der Waals surface area contributed by atoms with Gasteiger partial charge in [-0.15, -0.1) is 0 Å². The molecule has 72 valence electrons. The fourth-order valence-corrected chi connectivity index (χ4v) is 2.16. The topological polar surface area (TPSA) is 34.1 Å². The van der Waals surface area contributed by atoms with Crippen molar-refractivity contribution >= 4 is 19.7 Å². The summed E-state index contributed by atoms with van der Waals surface area (Å²) >= 11 is 0. The minimum atomic E-state index is -4.08. The molecular formula is C6H9ClF2O2S. The van der Waals surface area contributed by atoms with Gasteiger partial charge in [-0.2, -0.15) is 0 Å². The molecule has 0 saturated heterocycles. The summed E-state index contributed by atoms with van der Waals surface area (Å²) in [5.41, 5.74) is 0. The summed E-state index contributed by atoms with van der Waals surface area (Å²) in [5.74, 6) is -4.39. The Morgan fingerprint density at radius 3 is 2.25 bits per heavy atom. The maximum Gasteiger partial charge on any atom is 0.263 e. The van der Waals surface area contributed by atoms with Crippen LogP contribution in [0.4, 0.5) is 8.78 Å². The Hall–Kier alpha value is 0.1000. The van der Waals surface area contributed by atoms with Crippen molar-refractivity contribution in [2.45, 2.75) is 25.2 Å². The molecule has 0 heterocycles. The van der Waals surface area contributed by atoms with Gasteiger partial charge in [0.2, 0.25) is 9.05 Å². The van der Waals surface area contributed by atoms with Crippen LogP contribution >= 0.6 is 10.7 Å². The third kappa shape index (κ3) is 4.21. The first-order valence-electron chi connectivity index (χ1n) is 3.59. The van der Waals surface area contributed by atoms with Gasteiger partial charge in [0.25, 0.3) is 5.92 Å². The maximum absolute atomic E-state index is 12.7. The molecule has 0 amide bonds. The zero-order chi connectivity index (χ0) is 9.41. The molecule has 1 rings (SSSR count). The molecule has 0 radical (unpaired) electrons. The summed E-state index contributed by atoms with van der Waals surface area (Å²) in [6.45, 7) is 0. The van der Waals surface area contributed by atoms with Gasteiger partial charge >= 0.3 is 0 Å². The van der Waals surface area contributed by atoms with Gasteiger partial charge in [-0.3, -0.25) is 0 Å². The molecule has 1 aliphatic carbocycles. The number of hydrogen-bond acceptors (Lipinski definition) is 2. The van der Waals surface area contributed by atoms with Crippen molar-refractivity contribution in [3.63, 3.8) is 0 Å². The number of hydrogen-bond donors (Lipinski definition) is 0. The summed E-state index contributed by atoms with van der Waals surface area (Å²) in [4.78, 5) is 0. The van der Waals surface area contributed by atoms with E-state index in [1.807, 2.05) is 0 Å². The molecule has 0 N–H and O–H groups in total. The van der Waals surface area contributed by atoms with E-state index in [0.717, 1.165) is 12.8 Å². The number of rotatable bonds is 4. The van der Waals surface area contributed by atoms with E-state index in [-0.39, 0.29) is 12.3 Å². The summed E-state index contributed by atoms with van der Waals surface area (Å²) < 4.78 is 46.2. The molecule has 0 aliphatic heterocycles. The van der Waals surface area contributed by atoms with Gasteiger partial charge in [-0.05, 0) is 18.8 Å². The van der Waals surface area contributed by atoms with Gasteiger partial charge in [0, 0.05) is 17.1 Å². The van der Waals surface area contributed by atoms with E-state index in [0.29, 0.717) is 0 Å². The summed E-state index contributed by atoms with van der Waals surface area (Å²) in [5, 5.41) is 0. The lowest BCUT2D eigenvalue weighted by Gasteiger charge is -2.12. The molecule has 0 spiro atoms. The van der Waals surface area contributed by atoms with E-state index >= 15 is 0 Å². The molecule has 0 bridgehead atoms. The first-order valence-corrected chi connectivity index (χ1v) is 6.06. The predicted molar refractivity (Wildman–Crippen MR) is 41.9 cm³/mol. The average Bonchev–Trinajstić information content (AvgIpc) is 2.39. The zero-order valence-electron chi connectivity index (χ0n) is 6.26. The molecule has 12 heavy (non-hydrogen) atoms. The lowest BCUT2D eigenvalue weighted by molar-refractivity contribution is 0.0113. The fraction of sp³-hybridized carbons (Fsp3) is 1.00. The SMILES string of the molecule is O=S(=O)(Cl)CC(F)(F)CC1CC1. The van der Waals surface area contributed by atoms with Crippen LogP contribution in [-0.4, -0.2) is 20.1 Å². The van der Waals surface area contributed by atoms with Crippen LogP contribution in [-0.2, 0) is 9.05 Å². The highest BCUT2D eigenvalue weighted by Gasteiger charge is 2.40. The standard InChI is InChI=1S/C6H9ClF2O2S/c7-12(10,11)4-6(8,9)3-5-1-2-5/h5H,1-4H2. The Kier molecular flexibility index (Phi) is 2.63. The summed E-state index contributed by atoms with van der Waals surface area (Å²) in [7, 11) is 0.636. The fourth-order valence-electron chi connectivity index (χ4n) is 1.06. The van der Waals surface area contributed by atoms with Gasteiger partial charge < -0.3 is 0 Å². The van der Waals surface area contributed by atoms with E-state index in [2.05, 4.69) is 0 Å². The van der Waals surface area contributed by atoms with Gasteiger partial charge in [0.15, 0.2) is 0 Å². The molecule has 2 nitrogen and oxygen atoms in total. The minimum Gasteiger partial charge on any atom is -0.212 e. The Bertz CT molecular complexity index is 259. The lowest BCUT2D eigenvalue weighted by Crippen LogP contribution is -2.25. The monoisotopic (exact) mass is 218 g/mol. The molecule has 1 saturated carbocycles. The second-order valence-electron chi connectivity index (χ2n) is 3.19. The van der Waals surface area contributed by atoms with Gasteiger partial charge in [0.1, 0.15) is 5.75 Å². The van der Waals surface area contributed by atoms with Crippen LogP contribution in [0.25, 0.3) is 0 Å². The summed E-state index contributed by atoms with van der Waals surface area (Å²) in [6.07, 6.45) is 1.20. The van der Waals surface area contributed by atoms with Gasteiger partial charge in [-0.1, -0.05) is 0 Å². The van der Waals surface area contributed by atoms with Crippen LogP contribution in [0.3, 0.4) is 0 Å². The Morgan fingerprint density at radius 2 is 1.92 bits per heavy atom. The summed E-state index contributed by atoms with van der Waals surface area (Å²) in [6, 6.07) is 0. The average molecular weight is 219 g/mol. The van der Waals surface area contributed by atoms with Crippen molar-refractivity contribution in [1.82, 2.24) is 0 Å². The van der Waals surface area contributed by atoms with Crippen molar-refractivity contribution in [1.29, 1.82) is 0 Å². The Balaban J connectivity index is 2.46. The zero-order valence-corrected chi connectivity index (χ0v) is 7.84. The second kappa shape index (κ2) is 3.10. The molecular weight excluding hydrogens is 210 g/mol. The predicted octanol–water partition coefficient (Wildman–Crippen LogP) is 1.99. The van der Waals surface area contributed by atoms with Crippen LogP contribution in [0.5, 0.6) is 0 Å². The van der Waals surface area contributed by atoms with E-state index in [4.69, 9.17) is 10.7 Å². The van der Waals surface area contributed by atoms with Crippen molar-refractivity contribution < 1.29 is 17.2 Å². The van der Waals surface area contributed by atoms with Crippen molar-refractivity contribution in [3.8, 4) is 0 Å². The third-order valence-electron chi connectivity index (χ3n) is 1.67. The first kappa shape index (κ1) is 10.2. The van der Waals surface area contributed by atoms with Crippen LogP contribution in [0, 0.1) is 5.92 Å². The van der Waals surface area contributed by atoms with Gasteiger partial charge in [0.05, 0.1) is 0 Å². The molecule has 1 aliphatic rings. The normalized spacial score (nSPS) is 19.6. The number of halogens is 3. The van der Waals surface area contributed by atoms with Crippen LogP contribution < -0.4 is 0 Å². The molecule has 0 aromatic rings. The van der Waals surface area contributed by atoms with Crippen LogP contribution in [0.2, 0.25) is 0 Å². The largest absolute Gasteiger partial charge is 0.263 e. The lowest BCUT2D eigenvalue weighted by atomic mass is 10.2.